The number of hydrogen-bond acceptors (Lipinski definition) is 12. The zero-order chi connectivity index (χ0) is 37.1. The minimum absolute atomic E-state index is 0.00779. The van der Waals surface area contributed by atoms with Crippen LogP contribution in [0.1, 0.15) is 58.2 Å². The predicted octanol–water partition coefficient (Wildman–Crippen LogP) is 5.46. The number of nitrogen functional groups attached to an aromatic ring is 1. The van der Waals surface area contributed by atoms with Crippen molar-refractivity contribution >= 4 is 35.0 Å². The summed E-state index contributed by atoms with van der Waals surface area (Å²) < 4.78 is 14.4. The molecular weight excluding hydrogens is 626 g/mol. The van der Waals surface area contributed by atoms with Gasteiger partial charge in [-0.2, -0.15) is 0 Å². The summed E-state index contributed by atoms with van der Waals surface area (Å²) in [6, 6.07) is 19.0. The van der Waals surface area contributed by atoms with Crippen molar-refractivity contribution in [3.8, 4) is 0 Å². The molecule has 0 heterocycles. The molecule has 3 aromatic carbocycles. The highest BCUT2D eigenvalue weighted by Crippen LogP contribution is 2.27. The Balaban J connectivity index is 0.000000675. The van der Waals surface area contributed by atoms with E-state index in [0.717, 1.165) is 12.7 Å². The van der Waals surface area contributed by atoms with Gasteiger partial charge in [-0.3, -0.25) is 34.6 Å². The molecule has 3 rings (SSSR count). The number of nitrogens with zero attached hydrogens (tertiary/aromatic N) is 2. The number of carbonyl (C=O) groups excluding carboxylic acids is 3. The average molecular weight is 672 g/mol. The van der Waals surface area contributed by atoms with E-state index < -0.39 is 20.7 Å². The first-order chi connectivity index (χ1) is 22.5. The molecule has 262 valence electrons. The molecule has 0 fully saturated rings. The quantitative estimate of drug-likeness (QED) is 0.0904. The fraction of sp³-hybridized carbons (Fsp3) is 0.382. The van der Waals surface area contributed by atoms with Crippen LogP contribution in [-0.2, 0) is 45.8 Å². The summed E-state index contributed by atoms with van der Waals surface area (Å²) in [5, 5.41) is 27.8. The first-order valence-corrected chi connectivity index (χ1v) is 14.7. The third-order valence-corrected chi connectivity index (χ3v) is 6.73. The van der Waals surface area contributed by atoms with Crippen molar-refractivity contribution in [1.29, 1.82) is 0 Å². The molecule has 0 atom stereocenters. The Kier molecular flexibility index (Phi) is 18.4. The fourth-order valence-corrected chi connectivity index (χ4v) is 3.73. The van der Waals surface area contributed by atoms with Gasteiger partial charge in [0.15, 0.2) is 0 Å². The summed E-state index contributed by atoms with van der Waals surface area (Å²) in [5.74, 6) is -0.914. The van der Waals surface area contributed by atoms with Gasteiger partial charge >= 0.3 is 17.9 Å². The number of rotatable bonds is 10. The fourth-order valence-electron chi connectivity index (χ4n) is 3.73. The number of methoxy groups -OCH3 is 1. The van der Waals surface area contributed by atoms with E-state index in [-0.39, 0.29) is 35.7 Å². The van der Waals surface area contributed by atoms with Crippen LogP contribution in [0.5, 0.6) is 0 Å². The Hall–Kier alpha value is -5.37. The Bertz CT molecular complexity index is 1470. The summed E-state index contributed by atoms with van der Waals surface area (Å²) in [5.41, 5.74) is 7.18. The predicted molar refractivity (Wildman–Crippen MR) is 180 cm³/mol. The molecule has 0 aromatic heterocycles. The first-order valence-electron chi connectivity index (χ1n) is 14.7. The molecule has 14 nitrogen and oxygen atoms in total. The number of hydrogen-bond donors (Lipinski definition) is 2. The number of nitro benzene ring substituents is 2. The lowest BCUT2D eigenvalue weighted by Gasteiger charge is -2.22. The van der Waals surface area contributed by atoms with Crippen LogP contribution in [0.3, 0.4) is 0 Å². The van der Waals surface area contributed by atoms with E-state index in [9.17, 15) is 34.6 Å². The monoisotopic (exact) mass is 671 g/mol. The van der Waals surface area contributed by atoms with E-state index in [1.807, 2.05) is 26.0 Å². The summed E-state index contributed by atoms with van der Waals surface area (Å²) in [6.07, 6.45) is 0.133. The van der Waals surface area contributed by atoms with Crippen LogP contribution in [0.2, 0.25) is 0 Å². The number of nitro groups is 2. The molecule has 0 aliphatic carbocycles. The van der Waals surface area contributed by atoms with Crippen LogP contribution in [0, 0.1) is 20.2 Å². The maximum Gasteiger partial charge on any atom is 0.315 e. The lowest BCUT2D eigenvalue weighted by atomic mass is 9.85. The average Bonchev–Trinajstić information content (AvgIpc) is 3.07. The van der Waals surface area contributed by atoms with Gasteiger partial charge in [-0.15, -0.1) is 0 Å². The number of aliphatic hydroxyl groups excluding tert-OH is 1. The normalized spacial score (nSPS) is 10.3. The molecular formula is C34H45N3O11. The molecule has 0 unspecified atom stereocenters. The second-order valence-electron chi connectivity index (χ2n) is 10.8. The molecule has 14 heteroatoms. The van der Waals surface area contributed by atoms with Crippen LogP contribution in [0.25, 0.3) is 0 Å². The number of esters is 3. The van der Waals surface area contributed by atoms with Crippen molar-refractivity contribution in [3.05, 3.63) is 110 Å². The molecule has 0 bridgehead atoms. The largest absolute Gasteiger partial charge is 0.469 e. The third-order valence-electron chi connectivity index (χ3n) is 6.73. The van der Waals surface area contributed by atoms with Gasteiger partial charge in [-0.25, -0.2) is 0 Å². The number of aliphatic hydroxyl groups is 1. The van der Waals surface area contributed by atoms with E-state index in [4.69, 9.17) is 20.3 Å². The Morgan fingerprint density at radius 3 is 1.33 bits per heavy atom. The van der Waals surface area contributed by atoms with Gasteiger partial charge in [0, 0.05) is 37.1 Å². The van der Waals surface area contributed by atoms with E-state index in [1.165, 1.54) is 43.5 Å². The summed E-state index contributed by atoms with van der Waals surface area (Å²) >= 11 is 0. The second-order valence-corrected chi connectivity index (χ2v) is 10.8. The van der Waals surface area contributed by atoms with Crippen molar-refractivity contribution < 1.29 is 43.5 Å². The number of anilines is 1. The number of nitrogens with two attached hydrogens (primary N) is 1. The number of non-ortho nitro benzene ring substituents is 2. The maximum absolute atomic E-state index is 11.7. The standard InChI is InChI=1S/C12H15NO4.C12H17NO2.C9H9NO4.CH4O/c1-4-17-11(14)12(2,3)9-5-7-10(8-6-9)13(15)16;1-4-15-11(14)12(2,3)9-5-7-10(13)8-6-9;1-14-9(11)6-7-2-4-8(5-3-7)10(12)13;1-2/h5-8H,4H2,1-3H3;5-8H,4,13H2,1-3H3;2-5H,6H2,1H3;2H,1H3. The molecule has 0 saturated heterocycles. The van der Waals surface area contributed by atoms with Gasteiger partial charge in [0.05, 0.1) is 47.4 Å². The summed E-state index contributed by atoms with van der Waals surface area (Å²) in [4.78, 5) is 54.1. The highest BCUT2D eigenvalue weighted by molar-refractivity contribution is 5.83. The van der Waals surface area contributed by atoms with Gasteiger partial charge in [-0.1, -0.05) is 36.4 Å². The van der Waals surface area contributed by atoms with Gasteiger partial charge in [0.2, 0.25) is 0 Å². The van der Waals surface area contributed by atoms with E-state index in [0.29, 0.717) is 30.0 Å². The topological polar surface area (TPSA) is 211 Å². The molecule has 3 aromatic rings. The molecule has 0 amide bonds. The van der Waals surface area contributed by atoms with Crippen molar-refractivity contribution in [3.63, 3.8) is 0 Å². The zero-order valence-electron chi connectivity index (χ0n) is 28.6. The molecule has 0 saturated carbocycles. The maximum atomic E-state index is 11.7. The SMILES string of the molecule is CCOC(=O)C(C)(C)c1ccc(N)cc1.CCOC(=O)C(C)(C)c1ccc([N+](=O)[O-])cc1.CO.COC(=O)Cc1ccc([N+](=O)[O-])cc1. The van der Waals surface area contributed by atoms with Crippen molar-refractivity contribution in [2.24, 2.45) is 0 Å². The highest BCUT2D eigenvalue weighted by Gasteiger charge is 2.32. The first kappa shape index (κ1) is 42.6. The third kappa shape index (κ3) is 13.5. The smallest absolute Gasteiger partial charge is 0.315 e. The van der Waals surface area contributed by atoms with Crippen LogP contribution < -0.4 is 5.73 Å². The molecule has 0 aliphatic rings. The van der Waals surface area contributed by atoms with Crippen LogP contribution >= 0.6 is 0 Å². The van der Waals surface area contributed by atoms with Crippen molar-refractivity contribution in [1.82, 2.24) is 0 Å². The van der Waals surface area contributed by atoms with Crippen LogP contribution in [-0.4, -0.2) is 60.3 Å². The van der Waals surface area contributed by atoms with Gasteiger partial charge < -0.3 is 25.1 Å². The van der Waals surface area contributed by atoms with Crippen molar-refractivity contribution in [2.75, 3.05) is 33.2 Å². The number of benzene rings is 3. The number of carbonyl (C=O) groups is 3. The Morgan fingerprint density at radius 1 is 0.688 bits per heavy atom. The van der Waals surface area contributed by atoms with E-state index in [1.54, 1.807) is 52.0 Å². The van der Waals surface area contributed by atoms with E-state index >= 15 is 0 Å². The summed E-state index contributed by atoms with van der Waals surface area (Å²) in [7, 11) is 2.30. The minimum atomic E-state index is -0.800. The van der Waals surface area contributed by atoms with Gasteiger partial charge in [0.1, 0.15) is 0 Å². The summed E-state index contributed by atoms with van der Waals surface area (Å²) in [6.45, 7) is 11.4. The Labute approximate surface area is 280 Å². The zero-order valence-corrected chi connectivity index (χ0v) is 28.6. The van der Waals surface area contributed by atoms with Gasteiger partial charge in [0.25, 0.3) is 11.4 Å². The molecule has 0 radical (unpaired) electrons. The second kappa shape index (κ2) is 20.7. The lowest BCUT2D eigenvalue weighted by molar-refractivity contribution is -0.385. The molecule has 0 aliphatic heterocycles. The molecule has 48 heavy (non-hydrogen) atoms. The Morgan fingerprint density at radius 2 is 1.02 bits per heavy atom. The number of ether oxygens (including phenoxy) is 3. The minimum Gasteiger partial charge on any atom is -0.469 e. The van der Waals surface area contributed by atoms with Crippen LogP contribution in [0.15, 0.2) is 72.8 Å². The van der Waals surface area contributed by atoms with Crippen molar-refractivity contribution in [2.45, 2.75) is 58.8 Å². The molecule has 0 spiro atoms. The highest BCUT2D eigenvalue weighted by atomic mass is 16.6. The van der Waals surface area contributed by atoms with E-state index in [2.05, 4.69) is 4.74 Å². The molecule has 3 N–H and O–H groups in total. The lowest BCUT2D eigenvalue weighted by Crippen LogP contribution is -2.31. The van der Waals surface area contributed by atoms with Gasteiger partial charge in [-0.05, 0) is 70.4 Å². The van der Waals surface area contributed by atoms with Crippen LogP contribution in [0.4, 0.5) is 17.1 Å².